The van der Waals surface area contributed by atoms with E-state index in [2.05, 4.69) is 5.32 Å². The summed E-state index contributed by atoms with van der Waals surface area (Å²) in [7, 11) is -3.94. The second-order valence-corrected chi connectivity index (χ2v) is 10.9. The Kier molecular flexibility index (Phi) is 7.03. The van der Waals surface area contributed by atoms with E-state index in [4.69, 9.17) is 12.2 Å². The van der Waals surface area contributed by atoms with Crippen molar-refractivity contribution in [2.75, 3.05) is 19.6 Å². The molecule has 0 saturated carbocycles. The van der Waals surface area contributed by atoms with Gasteiger partial charge < -0.3 is 10.4 Å². The number of carbonyl (C=O) groups excluding carboxylic acids is 1. The fourth-order valence-electron chi connectivity index (χ4n) is 4.07. The maximum atomic E-state index is 13.3. The molecule has 1 fully saturated rings. The van der Waals surface area contributed by atoms with Crippen LogP contribution < -0.4 is 5.32 Å². The fraction of sp³-hybridized carbons (Fsp3) is 0.455. The number of hydrogen-bond acceptors (Lipinski definition) is 6. The molecule has 0 aromatic heterocycles. The van der Waals surface area contributed by atoms with Gasteiger partial charge in [-0.3, -0.25) is 4.79 Å². The number of hydrogen-bond donors (Lipinski definition) is 2. The number of nitrogens with one attached hydrogen (secondary N) is 1. The quantitative estimate of drug-likeness (QED) is 0.582. The highest BCUT2D eigenvalue weighted by Crippen LogP contribution is 2.40. The molecule has 0 spiro atoms. The Morgan fingerprint density at radius 3 is 2.45 bits per heavy atom. The lowest BCUT2D eigenvalue weighted by Gasteiger charge is -2.43. The Hall–Kier alpha value is -1.92. The van der Waals surface area contributed by atoms with Crippen LogP contribution in [-0.2, 0) is 26.0 Å². The fourth-order valence-corrected chi connectivity index (χ4v) is 6.17. The van der Waals surface area contributed by atoms with Crippen LogP contribution in [0.15, 0.2) is 47.4 Å². The van der Waals surface area contributed by atoms with E-state index in [1.165, 1.54) is 29.4 Å². The number of nitrogens with zero attached hydrogens (tertiary/aromatic N) is 1. The highest BCUT2D eigenvalue weighted by atomic mass is 32.2. The van der Waals surface area contributed by atoms with Crippen molar-refractivity contribution in [3.63, 3.8) is 0 Å². The van der Waals surface area contributed by atoms with Gasteiger partial charge >= 0.3 is 6.18 Å². The first-order valence-electron chi connectivity index (χ1n) is 10.3. The molecule has 1 heterocycles. The van der Waals surface area contributed by atoms with Crippen molar-refractivity contribution >= 4 is 32.9 Å². The normalized spacial score (nSPS) is 24.3. The number of carbonyl (C=O) groups is 1. The standard InChI is InChI=1S/C22H25F3N2O4S2/c1-15(28)13-21(17-9-7-16(8-10-17)20(2,29)22(23,24)25)14-27(12-11-26-21)33(30,31)19-6-4-3-5-18(19)32/h3-4,6-10,26,29H,5,11-14H2,1-2H3/t20?,21-/m1/s1. The Labute approximate surface area is 196 Å². The second-order valence-electron chi connectivity index (χ2n) is 8.46. The van der Waals surface area contributed by atoms with E-state index in [0.717, 1.165) is 12.1 Å². The van der Waals surface area contributed by atoms with E-state index in [9.17, 15) is 31.5 Å². The molecule has 2 N–H and O–H groups in total. The minimum Gasteiger partial charge on any atom is -0.376 e. The number of thiocarbonyl (C=S) groups is 1. The summed E-state index contributed by atoms with van der Waals surface area (Å²) >= 11 is 5.23. The van der Waals surface area contributed by atoms with Crippen molar-refractivity contribution in [3.05, 3.63) is 58.5 Å². The van der Waals surface area contributed by atoms with Crippen LogP contribution in [-0.4, -0.2) is 54.3 Å². The van der Waals surface area contributed by atoms with Gasteiger partial charge in [0.1, 0.15) is 5.78 Å². The number of Topliss-reactive ketones (excluding diaryl/α,β-unsaturated/α-hetero) is 1. The number of sulfonamides is 1. The molecule has 0 bridgehead atoms. The summed E-state index contributed by atoms with van der Waals surface area (Å²) in [6, 6.07) is 5.05. The molecule has 0 radical (unpaired) electrons. The van der Waals surface area contributed by atoms with Gasteiger partial charge in [0.2, 0.25) is 10.0 Å². The molecular weight excluding hydrogens is 477 g/mol. The summed E-state index contributed by atoms with van der Waals surface area (Å²) in [5.74, 6) is -0.219. The first-order valence-corrected chi connectivity index (χ1v) is 12.1. The Morgan fingerprint density at radius 1 is 1.27 bits per heavy atom. The van der Waals surface area contributed by atoms with Crippen LogP contribution in [0.5, 0.6) is 0 Å². The predicted molar refractivity (Wildman–Crippen MR) is 122 cm³/mol. The molecule has 1 aromatic carbocycles. The highest BCUT2D eigenvalue weighted by molar-refractivity contribution is 7.96. The van der Waals surface area contributed by atoms with Gasteiger partial charge in [0, 0.05) is 37.3 Å². The van der Waals surface area contributed by atoms with Crippen molar-refractivity contribution in [1.29, 1.82) is 0 Å². The van der Waals surface area contributed by atoms with Crippen LogP contribution in [0.2, 0.25) is 0 Å². The zero-order valence-electron chi connectivity index (χ0n) is 18.1. The van der Waals surface area contributed by atoms with Crippen LogP contribution in [0.3, 0.4) is 0 Å². The Bertz CT molecular complexity index is 1110. The lowest BCUT2D eigenvalue weighted by atomic mass is 9.82. The van der Waals surface area contributed by atoms with Crippen LogP contribution in [0.4, 0.5) is 13.2 Å². The summed E-state index contributed by atoms with van der Waals surface area (Å²) in [6.45, 7) is 2.30. The average molecular weight is 503 g/mol. The highest BCUT2D eigenvalue weighted by Gasteiger charge is 2.51. The van der Waals surface area contributed by atoms with Crippen LogP contribution >= 0.6 is 12.2 Å². The van der Waals surface area contributed by atoms with E-state index < -0.39 is 27.3 Å². The van der Waals surface area contributed by atoms with Crippen molar-refractivity contribution in [3.8, 4) is 0 Å². The third-order valence-corrected chi connectivity index (χ3v) is 8.40. The largest absolute Gasteiger partial charge is 0.421 e. The van der Waals surface area contributed by atoms with Crippen molar-refractivity contribution in [1.82, 2.24) is 9.62 Å². The number of piperazine rings is 1. The summed E-state index contributed by atoms with van der Waals surface area (Å²) in [4.78, 5) is 12.5. The number of rotatable bonds is 6. The molecule has 2 aliphatic rings. The summed E-state index contributed by atoms with van der Waals surface area (Å²) in [5, 5.41) is 13.2. The van der Waals surface area contributed by atoms with Gasteiger partial charge in [0.15, 0.2) is 5.60 Å². The van der Waals surface area contributed by atoms with E-state index >= 15 is 0 Å². The smallest absolute Gasteiger partial charge is 0.376 e. The summed E-state index contributed by atoms with van der Waals surface area (Å²) < 4.78 is 67.5. The van der Waals surface area contributed by atoms with E-state index in [1.54, 1.807) is 12.2 Å². The van der Waals surface area contributed by atoms with Gasteiger partial charge in [0.25, 0.3) is 0 Å². The predicted octanol–water partition coefficient (Wildman–Crippen LogP) is 3.08. The Balaban J connectivity index is 1.99. The van der Waals surface area contributed by atoms with E-state index in [-0.39, 0.29) is 42.3 Å². The van der Waals surface area contributed by atoms with Crippen LogP contribution in [0.25, 0.3) is 0 Å². The molecule has 1 aliphatic carbocycles. The SMILES string of the molecule is CC(=O)C[C@]1(c2ccc(C(C)(O)C(F)(F)F)cc2)CN(S(=O)(=O)C2=CC=CCC2=S)CCN1. The minimum absolute atomic E-state index is 0.0372. The zero-order chi connectivity index (χ0) is 24.7. The van der Waals surface area contributed by atoms with Crippen molar-refractivity contribution in [2.24, 2.45) is 0 Å². The number of halogens is 3. The van der Waals surface area contributed by atoms with Gasteiger partial charge in [-0.25, -0.2) is 8.42 Å². The molecule has 6 nitrogen and oxygen atoms in total. The van der Waals surface area contributed by atoms with Gasteiger partial charge in [-0.2, -0.15) is 17.5 Å². The summed E-state index contributed by atoms with van der Waals surface area (Å²) in [6.07, 6.45) is 0.225. The van der Waals surface area contributed by atoms with Crippen LogP contribution in [0.1, 0.15) is 37.8 Å². The van der Waals surface area contributed by atoms with Gasteiger partial charge in [-0.05, 0) is 31.1 Å². The van der Waals surface area contributed by atoms with E-state index in [0.29, 0.717) is 23.8 Å². The third-order valence-electron chi connectivity index (χ3n) is 5.95. The molecule has 180 valence electrons. The van der Waals surface area contributed by atoms with Gasteiger partial charge in [-0.1, -0.05) is 48.6 Å². The molecule has 1 aromatic rings. The monoisotopic (exact) mass is 502 g/mol. The van der Waals surface area contributed by atoms with E-state index in [1.807, 2.05) is 0 Å². The first kappa shape index (κ1) is 25.7. The molecule has 11 heteroatoms. The lowest BCUT2D eigenvalue weighted by Crippen LogP contribution is -2.60. The molecular formula is C22H25F3N2O4S2. The van der Waals surface area contributed by atoms with Crippen molar-refractivity contribution < 1.29 is 31.5 Å². The first-order chi connectivity index (χ1) is 15.2. The third kappa shape index (κ3) is 4.97. The Morgan fingerprint density at radius 2 is 1.91 bits per heavy atom. The maximum Gasteiger partial charge on any atom is 0.421 e. The zero-order valence-corrected chi connectivity index (χ0v) is 19.8. The van der Waals surface area contributed by atoms with Gasteiger partial charge in [0.05, 0.1) is 10.4 Å². The molecule has 1 saturated heterocycles. The molecule has 33 heavy (non-hydrogen) atoms. The van der Waals surface area contributed by atoms with Crippen molar-refractivity contribution in [2.45, 2.75) is 44.0 Å². The number of alkyl halides is 3. The molecule has 2 atom stereocenters. The molecule has 3 rings (SSSR count). The number of aliphatic hydroxyl groups is 1. The second kappa shape index (κ2) is 9.03. The topological polar surface area (TPSA) is 86.7 Å². The van der Waals surface area contributed by atoms with Gasteiger partial charge in [-0.15, -0.1) is 0 Å². The lowest BCUT2D eigenvalue weighted by molar-refractivity contribution is -0.258. The minimum atomic E-state index is -4.87. The molecule has 1 aliphatic heterocycles. The number of benzene rings is 1. The average Bonchev–Trinajstić information content (AvgIpc) is 2.73. The number of allylic oxidation sites excluding steroid dienone is 4. The van der Waals surface area contributed by atoms with Crippen LogP contribution in [0, 0.1) is 0 Å². The number of ketones is 1. The maximum absolute atomic E-state index is 13.3. The molecule has 1 unspecified atom stereocenters. The molecule has 0 amide bonds. The summed E-state index contributed by atoms with van der Waals surface area (Å²) in [5.41, 5.74) is -4.11.